The summed E-state index contributed by atoms with van der Waals surface area (Å²) in [5.74, 6) is 0.0999. The van der Waals surface area contributed by atoms with E-state index in [4.69, 9.17) is 30.4 Å². The van der Waals surface area contributed by atoms with Crippen molar-refractivity contribution in [3.05, 3.63) is 58.4 Å². The summed E-state index contributed by atoms with van der Waals surface area (Å²) in [6.45, 7) is 13.2. The van der Waals surface area contributed by atoms with Gasteiger partial charge < -0.3 is 24.1 Å². The largest absolute Gasteiger partial charge is 0.496 e. The Hall–Kier alpha value is -2.29. The van der Waals surface area contributed by atoms with Gasteiger partial charge in [-0.15, -0.1) is 0 Å². The first kappa shape index (κ1) is 25.8. The van der Waals surface area contributed by atoms with E-state index in [2.05, 4.69) is 5.32 Å². The molecule has 2 aliphatic heterocycles. The van der Waals surface area contributed by atoms with E-state index in [1.165, 1.54) is 6.07 Å². The zero-order chi connectivity index (χ0) is 25.8. The number of amides is 1. The molecule has 0 saturated carbocycles. The monoisotopic (exact) mass is 503 g/mol. The lowest BCUT2D eigenvalue weighted by molar-refractivity contribution is 0.00578. The summed E-state index contributed by atoms with van der Waals surface area (Å²) in [5.41, 5.74) is -1.29. The first-order chi connectivity index (χ1) is 16.1. The Labute approximate surface area is 211 Å². The lowest BCUT2D eigenvalue weighted by Crippen LogP contribution is -2.46. The summed E-state index contributed by atoms with van der Waals surface area (Å²) in [6, 6.07) is 9.86. The van der Waals surface area contributed by atoms with Crippen molar-refractivity contribution < 1.29 is 28.0 Å². The summed E-state index contributed by atoms with van der Waals surface area (Å²) in [6.07, 6.45) is -0.365. The van der Waals surface area contributed by atoms with Gasteiger partial charge in [0.25, 0.3) is 0 Å². The van der Waals surface area contributed by atoms with Crippen LogP contribution in [0.4, 0.5) is 9.18 Å². The fourth-order valence-corrected chi connectivity index (χ4v) is 4.61. The van der Waals surface area contributed by atoms with Gasteiger partial charge in [-0.3, -0.25) is 0 Å². The van der Waals surface area contributed by atoms with Crippen LogP contribution >= 0.6 is 11.6 Å². The molecule has 6 nitrogen and oxygen atoms in total. The van der Waals surface area contributed by atoms with Crippen molar-refractivity contribution in [3.8, 4) is 5.75 Å². The van der Waals surface area contributed by atoms with E-state index in [1.807, 2.05) is 27.7 Å². The SMILES string of the molecule is CC(C)(C)OC(=O)NC[C@@]1(c2ccccc2F)Cc2c(ccc(Cl)c2B2OC(C)(C)C(C)(C)O2)O1. The van der Waals surface area contributed by atoms with Crippen LogP contribution in [0.5, 0.6) is 5.75 Å². The molecule has 0 aromatic heterocycles. The molecule has 2 aliphatic rings. The molecule has 1 saturated heterocycles. The Morgan fingerprint density at radius 3 is 2.34 bits per heavy atom. The maximum absolute atomic E-state index is 15.1. The Morgan fingerprint density at radius 1 is 1.11 bits per heavy atom. The average Bonchev–Trinajstić information content (AvgIpc) is 3.19. The fourth-order valence-electron chi connectivity index (χ4n) is 4.35. The maximum atomic E-state index is 15.1. The number of carbonyl (C=O) groups excluding carboxylic acids is 1. The van der Waals surface area contributed by atoms with Crippen molar-refractivity contribution in [2.75, 3.05) is 6.54 Å². The fraction of sp³-hybridized carbons (Fsp3) is 0.500. The van der Waals surface area contributed by atoms with Crippen molar-refractivity contribution in [2.24, 2.45) is 0 Å². The molecule has 1 fully saturated rings. The van der Waals surface area contributed by atoms with Crippen LogP contribution in [-0.4, -0.2) is 36.6 Å². The third-order valence-electron chi connectivity index (χ3n) is 6.80. The molecule has 2 aromatic carbocycles. The first-order valence-electron chi connectivity index (χ1n) is 11.7. The smallest absolute Gasteiger partial charge is 0.480 e. The second-order valence-electron chi connectivity index (χ2n) is 11.1. The summed E-state index contributed by atoms with van der Waals surface area (Å²) >= 11 is 6.67. The van der Waals surface area contributed by atoms with Crippen LogP contribution in [0, 0.1) is 5.82 Å². The number of fused-ring (bicyclic) bond motifs is 1. The maximum Gasteiger partial charge on any atom is 0.496 e. The van der Waals surface area contributed by atoms with Crippen molar-refractivity contribution in [3.63, 3.8) is 0 Å². The van der Waals surface area contributed by atoms with Gasteiger partial charge in [0.05, 0.1) is 17.7 Å². The molecular weight excluding hydrogens is 472 g/mol. The quantitative estimate of drug-likeness (QED) is 0.586. The van der Waals surface area contributed by atoms with Gasteiger partial charge >= 0.3 is 13.2 Å². The van der Waals surface area contributed by atoms with Gasteiger partial charge in [0, 0.05) is 22.5 Å². The van der Waals surface area contributed by atoms with E-state index >= 15 is 4.39 Å². The molecule has 0 spiro atoms. The van der Waals surface area contributed by atoms with Crippen LogP contribution in [0.25, 0.3) is 0 Å². The average molecular weight is 504 g/mol. The molecule has 0 radical (unpaired) electrons. The van der Waals surface area contributed by atoms with Gasteiger partial charge in [0.1, 0.15) is 17.2 Å². The number of carbonyl (C=O) groups is 1. The standard InChI is InChI=1S/C26H32BClFNO5/c1-23(2,3)33-22(31)30-15-26(17-10-8-9-11-19(17)29)14-16-20(32-26)13-12-18(28)21(16)27-34-24(4,5)25(6,7)35-27/h8-13H,14-15H2,1-7H3,(H,30,31)/t26-/m1/s1. The van der Waals surface area contributed by atoms with E-state index in [-0.39, 0.29) is 13.0 Å². The van der Waals surface area contributed by atoms with Gasteiger partial charge in [-0.05, 0) is 72.2 Å². The third-order valence-corrected chi connectivity index (χ3v) is 7.13. The molecule has 1 amide bonds. The van der Waals surface area contributed by atoms with Crippen molar-refractivity contribution >= 4 is 30.3 Å². The zero-order valence-electron chi connectivity index (χ0n) is 21.3. The van der Waals surface area contributed by atoms with E-state index in [0.29, 0.717) is 21.8 Å². The summed E-state index contributed by atoms with van der Waals surface area (Å²) in [5, 5.41) is 3.23. The first-order valence-corrected chi connectivity index (χ1v) is 12.1. The van der Waals surface area contributed by atoms with Crippen LogP contribution in [0.1, 0.15) is 59.6 Å². The molecule has 188 valence electrons. The van der Waals surface area contributed by atoms with Gasteiger partial charge in [-0.25, -0.2) is 9.18 Å². The number of rotatable bonds is 4. The number of benzene rings is 2. The second-order valence-corrected chi connectivity index (χ2v) is 11.5. The normalized spacial score (nSPS) is 22.5. The minimum Gasteiger partial charge on any atom is -0.480 e. The molecule has 2 heterocycles. The molecule has 35 heavy (non-hydrogen) atoms. The molecule has 4 rings (SSSR count). The molecular formula is C26H32BClFNO5. The number of nitrogens with one attached hydrogen (secondary N) is 1. The van der Waals surface area contributed by atoms with Gasteiger partial charge in [-0.1, -0.05) is 29.8 Å². The van der Waals surface area contributed by atoms with Crippen molar-refractivity contribution in [1.29, 1.82) is 0 Å². The summed E-state index contributed by atoms with van der Waals surface area (Å²) in [4.78, 5) is 12.5. The van der Waals surface area contributed by atoms with E-state index in [9.17, 15) is 4.79 Å². The molecule has 1 N–H and O–H groups in total. The highest BCUT2D eigenvalue weighted by Gasteiger charge is 2.54. The topological polar surface area (TPSA) is 66.0 Å². The minimum atomic E-state index is -1.21. The van der Waals surface area contributed by atoms with Crippen LogP contribution in [-0.2, 0) is 26.1 Å². The van der Waals surface area contributed by atoms with Crippen LogP contribution in [0.2, 0.25) is 5.02 Å². The zero-order valence-corrected chi connectivity index (χ0v) is 22.0. The van der Waals surface area contributed by atoms with Gasteiger partial charge in [-0.2, -0.15) is 0 Å². The molecule has 0 unspecified atom stereocenters. The third kappa shape index (κ3) is 4.88. The Kier molecular flexibility index (Phi) is 6.40. The predicted molar refractivity (Wildman–Crippen MR) is 134 cm³/mol. The predicted octanol–water partition coefficient (Wildman–Crippen LogP) is 5.13. The van der Waals surface area contributed by atoms with Crippen LogP contribution in [0.3, 0.4) is 0 Å². The molecule has 9 heteroatoms. The molecule has 1 atom stereocenters. The number of ether oxygens (including phenoxy) is 2. The van der Waals surface area contributed by atoms with E-state index < -0.39 is 41.4 Å². The van der Waals surface area contributed by atoms with Gasteiger partial charge in [0.2, 0.25) is 0 Å². The number of hydrogen-bond acceptors (Lipinski definition) is 5. The Morgan fingerprint density at radius 2 is 1.74 bits per heavy atom. The summed E-state index contributed by atoms with van der Waals surface area (Å²) < 4.78 is 39.5. The van der Waals surface area contributed by atoms with E-state index in [1.54, 1.807) is 51.1 Å². The molecule has 0 aliphatic carbocycles. The number of alkyl carbamates (subject to hydrolysis) is 1. The summed E-state index contributed by atoms with van der Waals surface area (Å²) in [7, 11) is -0.721. The highest BCUT2D eigenvalue weighted by Crippen LogP contribution is 2.44. The molecule has 0 bridgehead atoms. The second kappa shape index (κ2) is 8.68. The number of hydrogen-bond donors (Lipinski definition) is 1. The van der Waals surface area contributed by atoms with Crippen molar-refractivity contribution in [1.82, 2.24) is 5.32 Å². The Balaban J connectivity index is 1.73. The van der Waals surface area contributed by atoms with Crippen molar-refractivity contribution in [2.45, 2.75) is 77.3 Å². The lowest BCUT2D eigenvalue weighted by Gasteiger charge is -2.32. The van der Waals surface area contributed by atoms with Gasteiger partial charge in [0.15, 0.2) is 5.60 Å². The highest BCUT2D eigenvalue weighted by atomic mass is 35.5. The lowest BCUT2D eigenvalue weighted by atomic mass is 9.73. The minimum absolute atomic E-state index is 0.0159. The van der Waals surface area contributed by atoms with Crippen LogP contribution in [0.15, 0.2) is 36.4 Å². The van der Waals surface area contributed by atoms with Crippen LogP contribution < -0.4 is 15.5 Å². The number of halogens is 2. The highest BCUT2D eigenvalue weighted by molar-refractivity contribution is 6.66. The van der Waals surface area contributed by atoms with E-state index in [0.717, 1.165) is 5.56 Å². The molecule has 2 aromatic rings. The Bertz CT molecular complexity index is 1130.